The number of β-amino-alcohol motifs (C(OH)–C–C–N with tert-alkyl or cyclic N) is 1. The highest BCUT2D eigenvalue weighted by Crippen LogP contribution is 2.32. The van der Waals surface area contributed by atoms with Gasteiger partial charge in [-0.1, -0.05) is 20.8 Å². The Hall–Kier alpha value is -1.47. The van der Waals surface area contributed by atoms with Gasteiger partial charge in [-0.25, -0.2) is 0 Å². The van der Waals surface area contributed by atoms with E-state index < -0.39 is 6.10 Å². The van der Waals surface area contributed by atoms with Crippen LogP contribution in [0.25, 0.3) is 0 Å². The first-order valence-electron chi connectivity index (χ1n) is 7.94. The van der Waals surface area contributed by atoms with Gasteiger partial charge in [-0.05, 0) is 19.4 Å². The Labute approximate surface area is 131 Å². The molecule has 1 aliphatic rings. The van der Waals surface area contributed by atoms with Gasteiger partial charge in [0.1, 0.15) is 6.04 Å². The number of likely N-dealkylation sites (N-methyl/N-ethyl adjacent to an activating group) is 1. The van der Waals surface area contributed by atoms with E-state index in [-0.39, 0.29) is 18.0 Å². The molecule has 2 N–H and O–H groups in total. The maximum Gasteiger partial charge on any atom is 0.240 e. The van der Waals surface area contributed by atoms with Crippen LogP contribution >= 0.6 is 0 Å². The number of amides is 1. The van der Waals surface area contributed by atoms with Crippen molar-refractivity contribution in [2.75, 3.05) is 13.6 Å². The van der Waals surface area contributed by atoms with Crippen molar-refractivity contribution < 1.29 is 14.3 Å². The van der Waals surface area contributed by atoms with Crippen molar-refractivity contribution >= 4 is 5.91 Å². The van der Waals surface area contributed by atoms with Crippen molar-refractivity contribution in [2.24, 2.45) is 5.92 Å². The second kappa shape index (κ2) is 7.19. The zero-order valence-electron chi connectivity index (χ0n) is 13.7. The number of aromatic nitrogens is 2. The lowest BCUT2D eigenvalue weighted by atomic mass is 10.0. The molecule has 0 radical (unpaired) electrons. The van der Waals surface area contributed by atoms with Crippen molar-refractivity contribution in [3.05, 3.63) is 11.8 Å². The van der Waals surface area contributed by atoms with Gasteiger partial charge in [0, 0.05) is 19.4 Å². The van der Waals surface area contributed by atoms with Crippen molar-refractivity contribution in [2.45, 2.75) is 58.2 Å². The minimum atomic E-state index is -0.553. The highest BCUT2D eigenvalue weighted by molar-refractivity contribution is 5.82. The number of aliphatic hydroxyl groups is 1. The molecular formula is C15H26N4O3. The molecule has 1 aliphatic heterocycles. The maximum atomic E-state index is 12.8. The molecule has 1 fully saturated rings. The summed E-state index contributed by atoms with van der Waals surface area (Å²) in [6, 6.07) is -0.598. The third-order valence-corrected chi connectivity index (χ3v) is 3.99. The van der Waals surface area contributed by atoms with Crippen molar-refractivity contribution in [1.29, 1.82) is 0 Å². The lowest BCUT2D eigenvalue weighted by Gasteiger charge is -2.27. The second-order valence-corrected chi connectivity index (χ2v) is 6.25. The first kappa shape index (κ1) is 16.9. The number of carbonyl (C=O) groups is 1. The van der Waals surface area contributed by atoms with Gasteiger partial charge in [0.25, 0.3) is 0 Å². The first-order chi connectivity index (χ1) is 10.5. The molecular weight excluding hydrogens is 284 g/mol. The van der Waals surface area contributed by atoms with E-state index in [1.165, 1.54) is 0 Å². The number of hydrogen-bond acceptors (Lipinski definition) is 6. The van der Waals surface area contributed by atoms with Crippen LogP contribution in [0, 0.1) is 5.92 Å². The van der Waals surface area contributed by atoms with E-state index in [1.54, 1.807) is 11.9 Å². The molecule has 7 nitrogen and oxygen atoms in total. The van der Waals surface area contributed by atoms with E-state index >= 15 is 0 Å². The van der Waals surface area contributed by atoms with Crippen LogP contribution in [0.3, 0.4) is 0 Å². The molecule has 1 saturated heterocycles. The molecule has 0 aromatic carbocycles. The monoisotopic (exact) mass is 310 g/mol. The molecule has 0 unspecified atom stereocenters. The molecule has 2 rings (SSSR count). The lowest BCUT2D eigenvalue weighted by Crippen LogP contribution is -2.46. The average molecular weight is 310 g/mol. The third-order valence-electron chi connectivity index (χ3n) is 3.99. The number of rotatable bonds is 6. The van der Waals surface area contributed by atoms with Crippen LogP contribution in [0.1, 0.15) is 51.4 Å². The van der Waals surface area contributed by atoms with Gasteiger partial charge in [-0.15, -0.1) is 10.2 Å². The van der Waals surface area contributed by atoms with E-state index in [9.17, 15) is 9.90 Å². The Morgan fingerprint density at radius 2 is 2.23 bits per heavy atom. The van der Waals surface area contributed by atoms with E-state index in [1.807, 2.05) is 6.92 Å². The number of aryl methyl sites for hydroxylation is 1. The van der Waals surface area contributed by atoms with Crippen LogP contribution < -0.4 is 5.32 Å². The lowest BCUT2D eigenvalue weighted by molar-refractivity contribution is -0.135. The van der Waals surface area contributed by atoms with Gasteiger partial charge < -0.3 is 19.7 Å². The largest absolute Gasteiger partial charge is 0.423 e. The fraction of sp³-hybridized carbons (Fsp3) is 0.800. The predicted octanol–water partition coefficient (Wildman–Crippen LogP) is 0.900. The standard InChI is InChI=1S/C15H26N4O3/c1-5-13-17-18-14(22-13)12-7-10(20)8-19(12)15(21)11(16-4)6-9(2)3/h9-12,16,20H,5-8H2,1-4H3/t10-,11+,12-/m1/s1. The minimum absolute atomic E-state index is 0.0194. The predicted molar refractivity (Wildman–Crippen MR) is 81.1 cm³/mol. The molecule has 0 bridgehead atoms. The Morgan fingerprint density at radius 1 is 1.50 bits per heavy atom. The Morgan fingerprint density at radius 3 is 2.77 bits per heavy atom. The maximum absolute atomic E-state index is 12.8. The SMILES string of the molecule is CCc1nnc([C@H]2C[C@@H](O)CN2C(=O)[C@H](CC(C)C)NC)o1. The molecule has 2 heterocycles. The van der Waals surface area contributed by atoms with Crippen LogP contribution in [0.15, 0.2) is 4.42 Å². The average Bonchev–Trinajstić information content (AvgIpc) is 3.09. The molecule has 1 aromatic rings. The second-order valence-electron chi connectivity index (χ2n) is 6.25. The van der Waals surface area contributed by atoms with Gasteiger partial charge in [-0.2, -0.15) is 0 Å². The summed E-state index contributed by atoms with van der Waals surface area (Å²) in [5, 5.41) is 21.0. The molecule has 3 atom stereocenters. The van der Waals surface area contributed by atoms with Gasteiger partial charge in [0.05, 0.1) is 12.1 Å². The summed E-state index contributed by atoms with van der Waals surface area (Å²) in [6.07, 6.45) is 1.29. The summed E-state index contributed by atoms with van der Waals surface area (Å²) < 4.78 is 5.59. The minimum Gasteiger partial charge on any atom is -0.423 e. The summed E-state index contributed by atoms with van der Waals surface area (Å²) in [4.78, 5) is 14.4. The Balaban J connectivity index is 2.17. The van der Waals surface area contributed by atoms with Gasteiger partial charge in [-0.3, -0.25) is 4.79 Å². The zero-order valence-corrected chi connectivity index (χ0v) is 13.7. The van der Waals surface area contributed by atoms with Crippen LogP contribution in [-0.2, 0) is 11.2 Å². The molecule has 0 saturated carbocycles. The molecule has 1 amide bonds. The summed E-state index contributed by atoms with van der Waals surface area (Å²) in [5.41, 5.74) is 0. The molecule has 22 heavy (non-hydrogen) atoms. The number of nitrogens with one attached hydrogen (secondary N) is 1. The summed E-state index contributed by atoms with van der Waals surface area (Å²) >= 11 is 0. The summed E-state index contributed by atoms with van der Waals surface area (Å²) in [7, 11) is 1.79. The Bertz CT molecular complexity index is 503. The van der Waals surface area contributed by atoms with Gasteiger partial charge in [0.15, 0.2) is 0 Å². The van der Waals surface area contributed by atoms with Crippen molar-refractivity contribution in [3.8, 4) is 0 Å². The van der Waals surface area contributed by atoms with Crippen LogP contribution in [-0.4, -0.2) is 51.8 Å². The first-order valence-corrected chi connectivity index (χ1v) is 7.94. The summed E-state index contributed by atoms with van der Waals surface area (Å²) in [5.74, 6) is 1.36. The van der Waals surface area contributed by atoms with E-state index in [2.05, 4.69) is 29.4 Å². The smallest absolute Gasteiger partial charge is 0.240 e. The normalized spacial score (nSPS) is 23.3. The van der Waals surface area contributed by atoms with Crippen molar-refractivity contribution in [3.63, 3.8) is 0 Å². The zero-order chi connectivity index (χ0) is 16.3. The van der Waals surface area contributed by atoms with E-state index in [4.69, 9.17) is 4.42 Å². The number of hydrogen-bond donors (Lipinski definition) is 2. The van der Waals surface area contributed by atoms with E-state index in [0.29, 0.717) is 37.1 Å². The highest BCUT2D eigenvalue weighted by Gasteiger charge is 2.40. The quantitative estimate of drug-likeness (QED) is 0.811. The number of carbonyl (C=O) groups excluding carboxylic acids is 1. The fourth-order valence-corrected chi connectivity index (χ4v) is 2.85. The molecule has 124 valence electrons. The number of likely N-dealkylation sites (tertiary alicyclic amines) is 1. The molecule has 0 spiro atoms. The fourth-order valence-electron chi connectivity index (χ4n) is 2.85. The third kappa shape index (κ3) is 3.64. The van der Waals surface area contributed by atoms with Gasteiger partial charge >= 0.3 is 0 Å². The van der Waals surface area contributed by atoms with Crippen LogP contribution in [0.5, 0.6) is 0 Å². The number of nitrogens with zero attached hydrogens (tertiary/aromatic N) is 3. The Kier molecular flexibility index (Phi) is 5.52. The number of aliphatic hydroxyl groups excluding tert-OH is 1. The van der Waals surface area contributed by atoms with Crippen molar-refractivity contribution in [1.82, 2.24) is 20.4 Å². The molecule has 1 aromatic heterocycles. The summed E-state index contributed by atoms with van der Waals surface area (Å²) in [6.45, 7) is 6.41. The van der Waals surface area contributed by atoms with Crippen LogP contribution in [0.2, 0.25) is 0 Å². The highest BCUT2D eigenvalue weighted by atomic mass is 16.4. The topological polar surface area (TPSA) is 91.5 Å². The van der Waals surface area contributed by atoms with Crippen LogP contribution in [0.4, 0.5) is 0 Å². The van der Waals surface area contributed by atoms with E-state index in [0.717, 1.165) is 6.42 Å². The van der Waals surface area contributed by atoms with Gasteiger partial charge in [0.2, 0.25) is 17.7 Å². The molecule has 7 heteroatoms. The molecule has 0 aliphatic carbocycles.